The van der Waals surface area contributed by atoms with E-state index < -0.39 is 0 Å². The molecule has 5 heteroatoms. The van der Waals surface area contributed by atoms with E-state index in [0.717, 1.165) is 38.4 Å². The number of nitrogens with one attached hydrogen (secondary N) is 1. The first-order chi connectivity index (χ1) is 6.93. The lowest BCUT2D eigenvalue weighted by Gasteiger charge is -2.23. The first-order valence-electron chi connectivity index (χ1n) is 5.09. The fourth-order valence-corrected chi connectivity index (χ4v) is 1.79. The zero-order valence-corrected chi connectivity index (χ0v) is 7.90. The molecule has 2 saturated heterocycles. The second kappa shape index (κ2) is 3.33. The standard InChI is InChI=1S/C9H13N3O2/c1-2-7(13-3-1)9-11-8(12-14-9)6-4-10-5-6/h6-7,10H,1-5H2/t7-/m1/s1. The van der Waals surface area contributed by atoms with Crippen molar-refractivity contribution in [2.45, 2.75) is 24.9 Å². The lowest BCUT2D eigenvalue weighted by Crippen LogP contribution is -2.40. The minimum absolute atomic E-state index is 0.0456. The minimum Gasteiger partial charge on any atom is -0.368 e. The van der Waals surface area contributed by atoms with Crippen molar-refractivity contribution in [1.29, 1.82) is 0 Å². The maximum absolute atomic E-state index is 5.47. The Morgan fingerprint density at radius 1 is 1.36 bits per heavy atom. The average molecular weight is 195 g/mol. The molecule has 5 nitrogen and oxygen atoms in total. The summed E-state index contributed by atoms with van der Waals surface area (Å²) in [4.78, 5) is 4.37. The van der Waals surface area contributed by atoms with Gasteiger partial charge in [0, 0.05) is 25.6 Å². The summed E-state index contributed by atoms with van der Waals surface area (Å²) in [7, 11) is 0. The molecule has 0 unspecified atom stereocenters. The van der Waals surface area contributed by atoms with E-state index in [1.165, 1.54) is 0 Å². The highest BCUT2D eigenvalue weighted by atomic mass is 16.5. The number of aromatic nitrogens is 2. The van der Waals surface area contributed by atoms with Crippen molar-refractivity contribution in [2.24, 2.45) is 0 Å². The molecule has 14 heavy (non-hydrogen) atoms. The molecule has 1 aromatic heterocycles. The van der Waals surface area contributed by atoms with Gasteiger partial charge < -0.3 is 14.6 Å². The maximum Gasteiger partial charge on any atom is 0.255 e. The van der Waals surface area contributed by atoms with Gasteiger partial charge in [-0.3, -0.25) is 0 Å². The molecule has 76 valence electrons. The number of ether oxygens (including phenoxy) is 1. The highest BCUT2D eigenvalue weighted by Crippen LogP contribution is 2.28. The third-order valence-electron chi connectivity index (χ3n) is 2.81. The van der Waals surface area contributed by atoms with Crippen LogP contribution in [-0.2, 0) is 4.74 Å². The lowest BCUT2D eigenvalue weighted by molar-refractivity contribution is 0.0835. The van der Waals surface area contributed by atoms with Gasteiger partial charge in [0.15, 0.2) is 5.82 Å². The number of rotatable bonds is 2. The fraction of sp³-hybridized carbons (Fsp3) is 0.778. The van der Waals surface area contributed by atoms with Crippen LogP contribution in [-0.4, -0.2) is 29.8 Å². The largest absolute Gasteiger partial charge is 0.368 e. The third kappa shape index (κ3) is 1.33. The molecule has 2 aliphatic rings. The first kappa shape index (κ1) is 8.38. The van der Waals surface area contributed by atoms with Crippen LogP contribution in [0.15, 0.2) is 4.52 Å². The Morgan fingerprint density at radius 3 is 2.93 bits per heavy atom. The summed E-state index contributed by atoms with van der Waals surface area (Å²) in [6, 6.07) is 0. The van der Waals surface area contributed by atoms with E-state index in [0.29, 0.717) is 11.8 Å². The molecular formula is C9H13N3O2. The summed E-state index contributed by atoms with van der Waals surface area (Å²) in [6.45, 7) is 2.74. The van der Waals surface area contributed by atoms with E-state index in [4.69, 9.17) is 9.26 Å². The van der Waals surface area contributed by atoms with Crippen LogP contribution >= 0.6 is 0 Å². The van der Waals surface area contributed by atoms with Crippen molar-refractivity contribution in [3.63, 3.8) is 0 Å². The van der Waals surface area contributed by atoms with Gasteiger partial charge >= 0.3 is 0 Å². The van der Waals surface area contributed by atoms with Gasteiger partial charge in [0.05, 0.1) is 0 Å². The Kier molecular flexibility index (Phi) is 1.99. The van der Waals surface area contributed by atoms with E-state index in [-0.39, 0.29) is 6.10 Å². The number of hydrogen-bond donors (Lipinski definition) is 1. The highest BCUT2D eigenvalue weighted by Gasteiger charge is 2.28. The summed E-state index contributed by atoms with van der Waals surface area (Å²) >= 11 is 0. The molecule has 0 aliphatic carbocycles. The Balaban J connectivity index is 1.75. The molecule has 0 spiro atoms. The number of hydrogen-bond acceptors (Lipinski definition) is 5. The molecule has 0 bridgehead atoms. The van der Waals surface area contributed by atoms with Crippen molar-refractivity contribution in [1.82, 2.24) is 15.5 Å². The SMILES string of the molecule is C1CO[C@@H](c2nc(C3CNC3)no2)C1. The van der Waals surface area contributed by atoms with Crippen molar-refractivity contribution in [3.8, 4) is 0 Å². The van der Waals surface area contributed by atoms with Gasteiger partial charge in [-0.15, -0.1) is 0 Å². The van der Waals surface area contributed by atoms with Crippen LogP contribution in [0.2, 0.25) is 0 Å². The molecule has 0 amide bonds. The Morgan fingerprint density at radius 2 is 2.29 bits per heavy atom. The Bertz CT molecular complexity index is 316. The van der Waals surface area contributed by atoms with Gasteiger partial charge in [-0.05, 0) is 12.8 Å². The van der Waals surface area contributed by atoms with Gasteiger partial charge in [-0.1, -0.05) is 5.16 Å². The van der Waals surface area contributed by atoms with Crippen LogP contribution in [0.3, 0.4) is 0 Å². The second-order valence-corrected chi connectivity index (χ2v) is 3.85. The minimum atomic E-state index is 0.0456. The molecule has 3 heterocycles. The molecule has 1 atom stereocenters. The lowest BCUT2D eigenvalue weighted by atomic mass is 10.0. The fourth-order valence-electron chi connectivity index (χ4n) is 1.79. The normalized spacial score (nSPS) is 27.9. The topological polar surface area (TPSA) is 60.2 Å². The predicted octanol–water partition coefficient (Wildman–Crippen LogP) is 0.608. The molecular weight excluding hydrogens is 182 g/mol. The zero-order chi connectivity index (χ0) is 9.38. The molecule has 0 aromatic carbocycles. The second-order valence-electron chi connectivity index (χ2n) is 3.85. The predicted molar refractivity (Wildman–Crippen MR) is 47.8 cm³/mol. The maximum atomic E-state index is 5.47. The van der Waals surface area contributed by atoms with Crippen LogP contribution in [0.5, 0.6) is 0 Å². The van der Waals surface area contributed by atoms with E-state index in [1.54, 1.807) is 0 Å². The Hall–Kier alpha value is -0.940. The smallest absolute Gasteiger partial charge is 0.255 e. The summed E-state index contributed by atoms with van der Waals surface area (Å²) in [5.74, 6) is 1.92. The van der Waals surface area contributed by atoms with Crippen LogP contribution in [0.1, 0.15) is 36.6 Å². The first-order valence-corrected chi connectivity index (χ1v) is 5.09. The summed E-state index contributed by atoms with van der Waals surface area (Å²) in [6.07, 6.45) is 2.14. The van der Waals surface area contributed by atoms with Gasteiger partial charge in [0.25, 0.3) is 5.89 Å². The number of nitrogens with zero attached hydrogens (tertiary/aromatic N) is 2. The molecule has 3 rings (SSSR count). The van der Waals surface area contributed by atoms with E-state index in [9.17, 15) is 0 Å². The highest BCUT2D eigenvalue weighted by molar-refractivity contribution is 5.03. The van der Waals surface area contributed by atoms with Gasteiger partial charge in [-0.25, -0.2) is 0 Å². The molecule has 2 fully saturated rings. The van der Waals surface area contributed by atoms with Crippen molar-refractivity contribution in [2.75, 3.05) is 19.7 Å². The van der Waals surface area contributed by atoms with Crippen LogP contribution in [0.4, 0.5) is 0 Å². The van der Waals surface area contributed by atoms with Gasteiger partial charge in [-0.2, -0.15) is 4.98 Å². The van der Waals surface area contributed by atoms with Crippen molar-refractivity contribution in [3.05, 3.63) is 11.7 Å². The molecule has 0 radical (unpaired) electrons. The zero-order valence-electron chi connectivity index (χ0n) is 7.90. The molecule has 0 saturated carbocycles. The summed E-state index contributed by atoms with van der Waals surface area (Å²) in [5, 5.41) is 7.16. The van der Waals surface area contributed by atoms with Crippen LogP contribution in [0.25, 0.3) is 0 Å². The Labute approximate surface area is 81.8 Å². The van der Waals surface area contributed by atoms with Crippen molar-refractivity contribution >= 4 is 0 Å². The molecule has 1 aromatic rings. The molecule has 2 aliphatic heterocycles. The molecule has 1 N–H and O–H groups in total. The summed E-state index contributed by atoms with van der Waals surface area (Å²) < 4.78 is 10.7. The van der Waals surface area contributed by atoms with E-state index in [2.05, 4.69) is 15.5 Å². The summed E-state index contributed by atoms with van der Waals surface area (Å²) in [5.41, 5.74) is 0. The average Bonchev–Trinajstić information content (AvgIpc) is 2.65. The van der Waals surface area contributed by atoms with Gasteiger partial charge in [0.1, 0.15) is 6.10 Å². The van der Waals surface area contributed by atoms with Crippen LogP contribution in [0, 0.1) is 0 Å². The van der Waals surface area contributed by atoms with Crippen molar-refractivity contribution < 1.29 is 9.26 Å². The van der Waals surface area contributed by atoms with Crippen LogP contribution < -0.4 is 5.32 Å². The van der Waals surface area contributed by atoms with E-state index >= 15 is 0 Å². The van der Waals surface area contributed by atoms with E-state index in [1.807, 2.05) is 0 Å². The quantitative estimate of drug-likeness (QED) is 0.749. The van der Waals surface area contributed by atoms with Gasteiger partial charge in [0.2, 0.25) is 0 Å². The monoisotopic (exact) mass is 195 g/mol. The third-order valence-corrected chi connectivity index (χ3v) is 2.81.